The third-order valence-electron chi connectivity index (χ3n) is 4.74. The number of rotatable bonds is 8. The third kappa shape index (κ3) is 4.73. The zero-order valence-corrected chi connectivity index (χ0v) is 19.3. The number of thiophene rings is 1. The largest absolute Gasteiger partial charge is 0.495 e. The first-order valence-electron chi connectivity index (χ1n) is 9.64. The number of carbonyl (C=O) groups is 1. The maximum absolute atomic E-state index is 13.0. The van der Waals surface area contributed by atoms with Crippen LogP contribution in [0.15, 0.2) is 74.8 Å². The van der Waals surface area contributed by atoms with Gasteiger partial charge in [0.1, 0.15) is 5.75 Å². The molecular weight excluding hydrogens is 466 g/mol. The van der Waals surface area contributed by atoms with Crippen LogP contribution in [-0.4, -0.2) is 38.7 Å². The van der Waals surface area contributed by atoms with Gasteiger partial charge in [-0.25, -0.2) is 13.2 Å². The maximum atomic E-state index is 13.0. The summed E-state index contributed by atoms with van der Waals surface area (Å²) in [6, 6.07) is 14.1. The van der Waals surface area contributed by atoms with E-state index in [2.05, 4.69) is 10.1 Å². The van der Waals surface area contributed by atoms with Crippen LogP contribution in [0.4, 0.5) is 5.69 Å². The summed E-state index contributed by atoms with van der Waals surface area (Å²) < 4.78 is 42.8. The molecule has 2 aromatic carbocycles. The van der Waals surface area contributed by atoms with Crippen LogP contribution in [0.2, 0.25) is 0 Å². The highest BCUT2D eigenvalue weighted by Gasteiger charge is 2.24. The predicted molar refractivity (Wildman–Crippen MR) is 122 cm³/mol. The van der Waals surface area contributed by atoms with E-state index in [0.717, 1.165) is 9.87 Å². The van der Waals surface area contributed by atoms with Gasteiger partial charge in [0.15, 0.2) is 6.61 Å². The van der Waals surface area contributed by atoms with Crippen LogP contribution in [0.25, 0.3) is 11.5 Å². The van der Waals surface area contributed by atoms with Crippen molar-refractivity contribution < 1.29 is 27.2 Å². The van der Waals surface area contributed by atoms with Gasteiger partial charge in [-0.1, -0.05) is 17.3 Å². The highest BCUT2D eigenvalue weighted by Crippen LogP contribution is 2.31. The van der Waals surface area contributed by atoms with E-state index < -0.39 is 16.0 Å². The number of ether oxygens (including phenoxy) is 2. The molecule has 4 rings (SSSR count). The Labute approximate surface area is 194 Å². The summed E-state index contributed by atoms with van der Waals surface area (Å²) in [4.78, 5) is 16.6. The molecule has 9 nitrogen and oxygen atoms in total. The molecule has 0 saturated heterocycles. The van der Waals surface area contributed by atoms with Crippen LogP contribution < -0.4 is 9.04 Å². The molecule has 0 saturated carbocycles. The molecule has 0 spiro atoms. The second-order valence-corrected chi connectivity index (χ2v) is 9.52. The van der Waals surface area contributed by atoms with Gasteiger partial charge < -0.3 is 14.0 Å². The van der Waals surface area contributed by atoms with E-state index in [9.17, 15) is 13.2 Å². The molecule has 0 amide bonds. The van der Waals surface area contributed by atoms with Gasteiger partial charge in [-0.2, -0.15) is 16.3 Å². The van der Waals surface area contributed by atoms with Crippen LogP contribution >= 0.6 is 11.3 Å². The van der Waals surface area contributed by atoms with Crippen molar-refractivity contribution in [3.63, 3.8) is 0 Å². The summed E-state index contributed by atoms with van der Waals surface area (Å²) in [5.41, 5.74) is 1.38. The molecule has 0 atom stereocenters. The fourth-order valence-electron chi connectivity index (χ4n) is 2.97. The van der Waals surface area contributed by atoms with Gasteiger partial charge >= 0.3 is 5.97 Å². The van der Waals surface area contributed by atoms with E-state index in [1.54, 1.807) is 24.3 Å². The second kappa shape index (κ2) is 9.43. The zero-order chi connectivity index (χ0) is 23.4. The fraction of sp³-hybridized carbons (Fsp3) is 0.136. The highest BCUT2D eigenvalue weighted by molar-refractivity contribution is 7.92. The summed E-state index contributed by atoms with van der Waals surface area (Å²) in [6.07, 6.45) is 0. The standard InChI is InChI=1S/C22H19N3O6S2/c1-25(18-5-3-4-6-19(18)29-2)33(27,28)17-9-7-15(8-10-17)22(26)30-13-20-23-21(31-24-20)16-11-12-32-14-16/h3-12,14H,13H2,1-2H3. The Morgan fingerprint density at radius 3 is 2.58 bits per heavy atom. The molecule has 4 aromatic rings. The minimum atomic E-state index is -3.87. The maximum Gasteiger partial charge on any atom is 0.338 e. The number of esters is 1. The van der Waals surface area contributed by atoms with Gasteiger partial charge in [0.05, 0.1) is 28.8 Å². The smallest absolute Gasteiger partial charge is 0.338 e. The Kier molecular flexibility index (Phi) is 6.43. The Morgan fingerprint density at radius 2 is 1.88 bits per heavy atom. The lowest BCUT2D eigenvalue weighted by atomic mass is 10.2. The molecule has 0 unspecified atom stereocenters. The number of nitrogens with zero attached hydrogens (tertiary/aromatic N) is 3. The quantitative estimate of drug-likeness (QED) is 0.345. The molecule has 0 bridgehead atoms. The average Bonchev–Trinajstić information content (AvgIpc) is 3.54. The van der Waals surface area contributed by atoms with E-state index in [0.29, 0.717) is 17.3 Å². The Morgan fingerprint density at radius 1 is 1.12 bits per heavy atom. The molecule has 0 radical (unpaired) electrons. The molecule has 0 aliphatic rings. The molecule has 11 heteroatoms. The lowest BCUT2D eigenvalue weighted by molar-refractivity contribution is 0.0459. The molecule has 0 aliphatic carbocycles. The lowest BCUT2D eigenvalue weighted by Crippen LogP contribution is -2.27. The van der Waals surface area contributed by atoms with Crippen LogP contribution in [0.3, 0.4) is 0 Å². The van der Waals surface area contributed by atoms with Crippen molar-refractivity contribution in [2.75, 3.05) is 18.5 Å². The summed E-state index contributed by atoms with van der Waals surface area (Å²) in [7, 11) is -0.967. The summed E-state index contributed by atoms with van der Waals surface area (Å²) in [6.45, 7) is -0.178. The van der Waals surface area contributed by atoms with Crippen molar-refractivity contribution in [3.05, 3.63) is 76.7 Å². The van der Waals surface area contributed by atoms with Crippen molar-refractivity contribution in [2.24, 2.45) is 0 Å². The molecule has 2 aromatic heterocycles. The monoisotopic (exact) mass is 485 g/mol. The van der Waals surface area contributed by atoms with E-state index >= 15 is 0 Å². The van der Waals surface area contributed by atoms with Crippen molar-refractivity contribution in [1.82, 2.24) is 10.1 Å². The molecule has 0 fully saturated rings. The molecule has 170 valence electrons. The SMILES string of the molecule is COc1ccccc1N(C)S(=O)(=O)c1ccc(C(=O)OCc2noc(-c3ccsc3)n2)cc1. The number of para-hydroxylation sites is 2. The van der Waals surface area contributed by atoms with Crippen molar-refractivity contribution >= 4 is 33.0 Å². The fourth-order valence-corrected chi connectivity index (χ4v) is 4.81. The van der Waals surface area contributed by atoms with Crippen LogP contribution in [0, 0.1) is 0 Å². The van der Waals surface area contributed by atoms with E-state index in [-0.39, 0.29) is 22.9 Å². The molecule has 33 heavy (non-hydrogen) atoms. The van der Waals surface area contributed by atoms with E-state index in [4.69, 9.17) is 14.0 Å². The van der Waals surface area contributed by atoms with Gasteiger partial charge in [-0.05, 0) is 47.8 Å². The molecule has 2 heterocycles. The van der Waals surface area contributed by atoms with E-state index in [1.807, 2.05) is 16.8 Å². The Balaban J connectivity index is 1.43. The number of anilines is 1. The number of carbonyl (C=O) groups excluding carboxylic acids is 1. The van der Waals surface area contributed by atoms with Crippen molar-refractivity contribution in [1.29, 1.82) is 0 Å². The topological polar surface area (TPSA) is 112 Å². The lowest BCUT2D eigenvalue weighted by Gasteiger charge is -2.21. The number of hydrogen-bond donors (Lipinski definition) is 0. The third-order valence-corrected chi connectivity index (χ3v) is 7.21. The normalized spacial score (nSPS) is 11.2. The number of sulfonamides is 1. The molecular formula is C22H19N3O6S2. The Bertz CT molecular complexity index is 1350. The molecule has 0 aliphatic heterocycles. The second-order valence-electron chi connectivity index (χ2n) is 6.77. The van der Waals surface area contributed by atoms with E-state index in [1.165, 1.54) is 49.8 Å². The minimum Gasteiger partial charge on any atom is -0.495 e. The first kappa shape index (κ1) is 22.5. The van der Waals surface area contributed by atoms with Gasteiger partial charge in [0, 0.05) is 12.4 Å². The van der Waals surface area contributed by atoms with Crippen molar-refractivity contribution in [3.8, 4) is 17.2 Å². The first-order chi connectivity index (χ1) is 15.9. The first-order valence-corrected chi connectivity index (χ1v) is 12.0. The van der Waals surface area contributed by atoms with Crippen LogP contribution in [0.5, 0.6) is 5.75 Å². The average molecular weight is 486 g/mol. The number of hydrogen-bond acceptors (Lipinski definition) is 9. The summed E-state index contributed by atoms with van der Waals surface area (Å²) in [5.74, 6) is 0.351. The number of aromatic nitrogens is 2. The van der Waals surface area contributed by atoms with Gasteiger partial charge in [0.2, 0.25) is 5.82 Å². The minimum absolute atomic E-state index is 0.0195. The highest BCUT2D eigenvalue weighted by atomic mass is 32.2. The number of methoxy groups -OCH3 is 1. The van der Waals surface area contributed by atoms with Gasteiger partial charge in [0.25, 0.3) is 15.9 Å². The predicted octanol–water partition coefficient (Wildman–Crippen LogP) is 3.99. The Hall–Kier alpha value is -3.70. The summed E-state index contributed by atoms with van der Waals surface area (Å²) >= 11 is 1.50. The van der Waals surface area contributed by atoms with Crippen LogP contribution in [-0.2, 0) is 21.4 Å². The number of benzene rings is 2. The summed E-state index contributed by atoms with van der Waals surface area (Å²) in [5, 5.41) is 7.54. The van der Waals surface area contributed by atoms with Crippen molar-refractivity contribution in [2.45, 2.75) is 11.5 Å². The zero-order valence-electron chi connectivity index (χ0n) is 17.7. The molecule has 0 N–H and O–H groups in total. The van der Waals surface area contributed by atoms with Gasteiger partial charge in [-0.15, -0.1) is 0 Å². The van der Waals surface area contributed by atoms with Crippen LogP contribution in [0.1, 0.15) is 16.2 Å². The van der Waals surface area contributed by atoms with Gasteiger partial charge in [-0.3, -0.25) is 4.31 Å².